The maximum absolute atomic E-state index is 11.1. The van der Waals surface area contributed by atoms with Gasteiger partial charge in [-0.3, -0.25) is 0 Å². The van der Waals surface area contributed by atoms with Crippen LogP contribution in [0.1, 0.15) is 22.6 Å². The summed E-state index contributed by atoms with van der Waals surface area (Å²) >= 11 is 0. The van der Waals surface area contributed by atoms with Crippen molar-refractivity contribution in [2.75, 3.05) is 0 Å². The second-order valence-electron chi connectivity index (χ2n) is 8.66. The molecule has 3 aromatic carbocycles. The molecule has 0 saturated carbocycles. The van der Waals surface area contributed by atoms with Gasteiger partial charge in [0.2, 0.25) is 5.89 Å². The molecule has 0 spiro atoms. The fourth-order valence-corrected chi connectivity index (χ4v) is 4.09. The minimum atomic E-state index is -0.973. The number of carboxylic acid groups (broad SMARTS) is 1. The van der Waals surface area contributed by atoms with Crippen LogP contribution in [-0.4, -0.2) is 20.6 Å². The molecule has 0 atom stereocenters. The number of benzene rings is 3. The summed E-state index contributed by atoms with van der Waals surface area (Å²) in [6, 6.07) is 27.7. The van der Waals surface area contributed by atoms with Gasteiger partial charge in [0.1, 0.15) is 23.8 Å². The van der Waals surface area contributed by atoms with Crippen molar-refractivity contribution in [2.45, 2.75) is 20.1 Å². The maximum atomic E-state index is 11.1. The fourth-order valence-electron chi connectivity index (χ4n) is 4.09. The Kier molecular flexibility index (Phi) is 6.99. The molecular formula is C31H26N2O4. The third-order valence-electron chi connectivity index (χ3n) is 5.98. The molecular weight excluding hydrogens is 464 g/mol. The SMILES string of the molecule is Cc1oc(-c2ccccc2)nc1COc1ccc(Cn2cc(C=CC(=O)O)c(-c3ccccc3)c2)cc1. The van der Waals surface area contributed by atoms with Crippen molar-refractivity contribution in [3.05, 3.63) is 126 Å². The molecule has 1 N–H and O–H groups in total. The topological polar surface area (TPSA) is 77.5 Å². The number of hydrogen-bond acceptors (Lipinski definition) is 4. The van der Waals surface area contributed by atoms with E-state index in [1.54, 1.807) is 6.08 Å². The van der Waals surface area contributed by atoms with E-state index in [0.29, 0.717) is 19.0 Å². The molecule has 0 bridgehead atoms. The number of hydrogen-bond donors (Lipinski definition) is 1. The molecule has 0 fully saturated rings. The molecule has 2 heterocycles. The van der Waals surface area contributed by atoms with E-state index >= 15 is 0 Å². The summed E-state index contributed by atoms with van der Waals surface area (Å²) < 4.78 is 13.8. The number of ether oxygens (including phenoxy) is 1. The molecule has 0 saturated heterocycles. The van der Waals surface area contributed by atoms with Gasteiger partial charge in [0.15, 0.2) is 0 Å². The van der Waals surface area contributed by atoms with E-state index in [-0.39, 0.29) is 0 Å². The predicted octanol–water partition coefficient (Wildman–Crippen LogP) is 6.84. The van der Waals surface area contributed by atoms with E-state index in [9.17, 15) is 4.79 Å². The van der Waals surface area contributed by atoms with E-state index in [1.165, 1.54) is 0 Å². The molecule has 0 amide bonds. The largest absolute Gasteiger partial charge is 0.487 e. The fraction of sp³-hybridized carbons (Fsp3) is 0.0968. The lowest BCUT2D eigenvalue weighted by Crippen LogP contribution is -1.99. The highest BCUT2D eigenvalue weighted by Crippen LogP contribution is 2.27. The Balaban J connectivity index is 1.27. The summed E-state index contributed by atoms with van der Waals surface area (Å²) in [7, 11) is 0. The summed E-state index contributed by atoms with van der Waals surface area (Å²) in [5, 5.41) is 9.07. The van der Waals surface area contributed by atoms with Crippen molar-refractivity contribution in [1.29, 1.82) is 0 Å². The minimum Gasteiger partial charge on any atom is -0.487 e. The second kappa shape index (κ2) is 10.8. The van der Waals surface area contributed by atoms with Gasteiger partial charge >= 0.3 is 5.97 Å². The number of carboxylic acids is 1. The van der Waals surface area contributed by atoms with Gasteiger partial charge in [-0.15, -0.1) is 0 Å². The smallest absolute Gasteiger partial charge is 0.328 e. The average Bonchev–Trinajstić information content (AvgIpc) is 3.51. The highest BCUT2D eigenvalue weighted by atomic mass is 16.5. The highest BCUT2D eigenvalue weighted by molar-refractivity contribution is 5.87. The quantitative estimate of drug-likeness (QED) is 0.229. The molecule has 0 radical (unpaired) electrons. The van der Waals surface area contributed by atoms with Gasteiger partial charge in [-0.25, -0.2) is 9.78 Å². The lowest BCUT2D eigenvalue weighted by molar-refractivity contribution is -0.131. The maximum Gasteiger partial charge on any atom is 0.328 e. The zero-order chi connectivity index (χ0) is 25.6. The summed E-state index contributed by atoms with van der Waals surface area (Å²) in [6.07, 6.45) is 6.80. The lowest BCUT2D eigenvalue weighted by atomic mass is 10.0. The van der Waals surface area contributed by atoms with Crippen molar-refractivity contribution in [1.82, 2.24) is 9.55 Å². The van der Waals surface area contributed by atoms with Crippen molar-refractivity contribution in [2.24, 2.45) is 0 Å². The van der Waals surface area contributed by atoms with E-state index in [0.717, 1.165) is 51.1 Å². The van der Waals surface area contributed by atoms with E-state index in [2.05, 4.69) is 9.55 Å². The minimum absolute atomic E-state index is 0.318. The van der Waals surface area contributed by atoms with Crippen LogP contribution in [0.4, 0.5) is 0 Å². The molecule has 0 aliphatic rings. The van der Waals surface area contributed by atoms with Crippen LogP contribution < -0.4 is 4.74 Å². The third-order valence-corrected chi connectivity index (χ3v) is 5.98. The molecule has 0 aliphatic heterocycles. The van der Waals surface area contributed by atoms with Crippen molar-refractivity contribution in [3.8, 4) is 28.3 Å². The van der Waals surface area contributed by atoms with Crippen LogP contribution in [0, 0.1) is 6.92 Å². The summed E-state index contributed by atoms with van der Waals surface area (Å²) in [6.45, 7) is 2.85. The Hall–Kier alpha value is -4.84. The molecule has 5 aromatic rings. The summed E-state index contributed by atoms with van der Waals surface area (Å²) in [5.41, 5.74) is 5.67. The first kappa shape index (κ1) is 23.9. The summed E-state index contributed by atoms with van der Waals surface area (Å²) in [5.74, 6) is 1.10. The molecule has 2 aromatic heterocycles. The normalized spacial score (nSPS) is 11.2. The molecule has 5 rings (SSSR count). The van der Waals surface area contributed by atoms with Gasteiger partial charge in [-0.05, 0) is 48.4 Å². The third kappa shape index (κ3) is 5.87. The van der Waals surface area contributed by atoms with Gasteiger partial charge < -0.3 is 18.8 Å². The van der Waals surface area contributed by atoms with Crippen molar-refractivity contribution >= 4 is 12.0 Å². The van der Waals surface area contributed by atoms with Crippen LogP contribution in [-0.2, 0) is 17.9 Å². The first-order valence-corrected chi connectivity index (χ1v) is 11.9. The Morgan fingerprint density at radius 1 is 0.946 bits per heavy atom. The number of nitrogens with zero attached hydrogens (tertiary/aromatic N) is 2. The molecule has 6 heteroatoms. The molecule has 0 unspecified atom stereocenters. The highest BCUT2D eigenvalue weighted by Gasteiger charge is 2.12. The second-order valence-corrected chi connectivity index (χ2v) is 8.66. The Bertz CT molecular complexity index is 1520. The number of rotatable bonds is 9. The van der Waals surface area contributed by atoms with Gasteiger partial charge in [-0.2, -0.15) is 0 Å². The zero-order valence-electron chi connectivity index (χ0n) is 20.4. The molecule has 37 heavy (non-hydrogen) atoms. The number of oxazole rings is 1. The van der Waals surface area contributed by atoms with Crippen molar-refractivity contribution < 1.29 is 19.1 Å². The first-order valence-electron chi connectivity index (χ1n) is 11.9. The Morgan fingerprint density at radius 3 is 2.30 bits per heavy atom. The first-order chi connectivity index (χ1) is 18.0. The van der Waals surface area contributed by atoms with Crippen LogP contribution in [0.3, 0.4) is 0 Å². The van der Waals surface area contributed by atoms with Gasteiger partial charge in [-0.1, -0.05) is 60.7 Å². The molecule has 6 nitrogen and oxygen atoms in total. The predicted molar refractivity (Wildman–Crippen MR) is 143 cm³/mol. The molecule has 0 aliphatic carbocycles. The van der Waals surface area contributed by atoms with Crippen LogP contribution in [0.5, 0.6) is 5.75 Å². The Morgan fingerprint density at radius 2 is 1.62 bits per heavy atom. The average molecular weight is 491 g/mol. The van der Waals surface area contributed by atoms with E-state index in [1.807, 2.05) is 104 Å². The summed E-state index contributed by atoms with van der Waals surface area (Å²) in [4.78, 5) is 15.7. The molecule has 184 valence electrons. The van der Waals surface area contributed by atoms with Crippen molar-refractivity contribution in [3.63, 3.8) is 0 Å². The standard InChI is InChI=1S/C31H26N2O4/c1-22-29(32-31(37-22)25-10-6-3-7-11-25)21-36-27-15-12-23(13-16-27)18-33-19-26(14-17-30(34)35)28(20-33)24-8-4-2-5-9-24/h2-17,19-20H,18,21H2,1H3,(H,34,35). The lowest BCUT2D eigenvalue weighted by Gasteiger charge is -2.07. The van der Waals surface area contributed by atoms with Crippen LogP contribution in [0.25, 0.3) is 28.7 Å². The van der Waals surface area contributed by atoms with Crippen LogP contribution >= 0.6 is 0 Å². The van der Waals surface area contributed by atoms with Crippen LogP contribution in [0.2, 0.25) is 0 Å². The van der Waals surface area contributed by atoms with E-state index < -0.39 is 5.97 Å². The number of aromatic nitrogens is 2. The zero-order valence-corrected chi connectivity index (χ0v) is 20.4. The van der Waals surface area contributed by atoms with E-state index in [4.69, 9.17) is 14.3 Å². The van der Waals surface area contributed by atoms with Gasteiger partial charge in [0.25, 0.3) is 0 Å². The van der Waals surface area contributed by atoms with Gasteiger partial charge in [0.05, 0.1) is 0 Å². The number of aryl methyl sites for hydroxylation is 1. The monoisotopic (exact) mass is 490 g/mol. The number of aliphatic carboxylic acids is 1. The Labute approximate surface area is 215 Å². The number of carbonyl (C=O) groups is 1. The van der Waals surface area contributed by atoms with Crippen LogP contribution in [0.15, 0.2) is 108 Å². The van der Waals surface area contributed by atoms with Gasteiger partial charge in [0, 0.05) is 41.7 Å².